The molecule has 8 nitrogen and oxygen atoms in total. The van der Waals surface area contributed by atoms with Gasteiger partial charge >= 0.3 is 0 Å². The number of nitrogens with zero attached hydrogens (tertiary/aromatic N) is 2. The number of aryl methyl sites for hydroxylation is 1. The van der Waals surface area contributed by atoms with Crippen LogP contribution < -0.4 is 14.2 Å². The highest BCUT2D eigenvalue weighted by Crippen LogP contribution is 2.38. The van der Waals surface area contributed by atoms with Crippen LogP contribution in [-0.2, 0) is 20.6 Å². The van der Waals surface area contributed by atoms with Crippen molar-refractivity contribution in [3.05, 3.63) is 41.2 Å². The fraction of sp³-hybridized carbons (Fsp3) is 0.677. The zero-order chi connectivity index (χ0) is 28.0. The molecule has 8 heteroatoms. The quantitative estimate of drug-likeness (QED) is 0.276. The molecule has 2 atom stereocenters. The average molecular weight is 547 g/mol. The molecule has 1 aliphatic heterocycles. The van der Waals surface area contributed by atoms with Crippen molar-refractivity contribution >= 4 is 0 Å². The largest absolute Gasteiger partial charge is 0.498 e. The molecule has 1 aromatic rings. The van der Waals surface area contributed by atoms with Crippen LogP contribution in [0.3, 0.4) is 0 Å². The summed E-state index contributed by atoms with van der Waals surface area (Å²) in [7, 11) is 10.1. The molecule has 1 heterocycles. The molecule has 0 spiro atoms. The molecule has 1 fully saturated rings. The van der Waals surface area contributed by atoms with E-state index in [2.05, 4.69) is 34.1 Å². The Hall–Kier alpha value is -2.26. The number of ether oxygens (including phenoxy) is 6. The van der Waals surface area contributed by atoms with Crippen molar-refractivity contribution in [2.24, 2.45) is 0 Å². The molecule has 1 aromatic carbocycles. The molecule has 1 saturated heterocycles. The molecule has 2 aliphatic rings. The van der Waals surface area contributed by atoms with Crippen molar-refractivity contribution < 1.29 is 28.4 Å². The Morgan fingerprint density at radius 2 is 1.31 bits per heavy atom. The average Bonchev–Trinajstić information content (AvgIpc) is 3.21. The van der Waals surface area contributed by atoms with Gasteiger partial charge in [-0.3, -0.25) is 0 Å². The first kappa shape index (κ1) is 31.3. The number of hydrogen-bond acceptors (Lipinski definition) is 8. The second-order valence-electron chi connectivity index (χ2n) is 10.3. The summed E-state index contributed by atoms with van der Waals surface area (Å²) in [4.78, 5) is 5.27. The Bertz CT molecular complexity index is 909. The van der Waals surface area contributed by atoms with Gasteiger partial charge in [0.15, 0.2) is 11.5 Å². The maximum atomic E-state index is 5.62. The second-order valence-corrected chi connectivity index (χ2v) is 10.3. The number of methoxy groups -OCH3 is 6. The summed E-state index contributed by atoms with van der Waals surface area (Å²) in [6.45, 7) is 7.02. The Labute approximate surface area is 235 Å². The SMILES string of the molecule is COC1=CC(CCCCN2CCCN(CCCCc3cc(OC)c(OC)c(OC)c3)CC2)=CC(OC)C1OC. The summed E-state index contributed by atoms with van der Waals surface area (Å²) >= 11 is 0. The van der Waals surface area contributed by atoms with E-state index in [0.29, 0.717) is 5.75 Å². The van der Waals surface area contributed by atoms with Crippen molar-refractivity contribution in [1.29, 1.82) is 0 Å². The van der Waals surface area contributed by atoms with Crippen molar-refractivity contribution in [2.75, 3.05) is 81.9 Å². The fourth-order valence-electron chi connectivity index (χ4n) is 5.63. The minimum Gasteiger partial charge on any atom is -0.498 e. The van der Waals surface area contributed by atoms with E-state index in [0.717, 1.165) is 69.1 Å². The standard InChI is InChI=1S/C31H50N2O6/c1-34-26-20-24(21-27(35-2)30(26)38-5)12-7-9-14-32-16-11-17-33(19-18-32)15-10-8-13-25-22-28(36-3)31(39-6)29(23-25)37-4/h20-23,26,30H,7-19H2,1-6H3. The molecule has 0 aromatic heterocycles. The molecule has 0 bridgehead atoms. The molecular weight excluding hydrogens is 496 g/mol. The minimum atomic E-state index is -0.168. The molecule has 39 heavy (non-hydrogen) atoms. The highest BCUT2D eigenvalue weighted by molar-refractivity contribution is 5.53. The van der Waals surface area contributed by atoms with Crippen LogP contribution in [-0.4, -0.2) is 104 Å². The van der Waals surface area contributed by atoms with Crippen LogP contribution in [0.4, 0.5) is 0 Å². The van der Waals surface area contributed by atoms with Gasteiger partial charge in [0.2, 0.25) is 5.75 Å². The van der Waals surface area contributed by atoms with Crippen molar-refractivity contribution in [2.45, 2.75) is 57.2 Å². The van der Waals surface area contributed by atoms with Crippen LogP contribution in [0, 0.1) is 0 Å². The number of allylic oxidation sites excluding steroid dienone is 2. The molecule has 0 radical (unpaired) electrons. The zero-order valence-corrected chi connectivity index (χ0v) is 25.0. The number of unbranched alkanes of at least 4 members (excludes halogenated alkanes) is 2. The van der Waals surface area contributed by atoms with E-state index in [9.17, 15) is 0 Å². The van der Waals surface area contributed by atoms with E-state index in [4.69, 9.17) is 28.4 Å². The van der Waals surface area contributed by atoms with Gasteiger partial charge in [0, 0.05) is 27.3 Å². The topological polar surface area (TPSA) is 61.9 Å². The van der Waals surface area contributed by atoms with Crippen molar-refractivity contribution in [3.63, 3.8) is 0 Å². The molecule has 3 rings (SSSR count). The van der Waals surface area contributed by atoms with Crippen LogP contribution in [0.1, 0.15) is 44.1 Å². The Morgan fingerprint density at radius 1 is 0.692 bits per heavy atom. The third-order valence-electron chi connectivity index (χ3n) is 7.83. The van der Waals surface area contributed by atoms with Crippen LogP contribution in [0.25, 0.3) is 0 Å². The number of rotatable bonds is 16. The van der Waals surface area contributed by atoms with E-state index < -0.39 is 0 Å². The van der Waals surface area contributed by atoms with E-state index >= 15 is 0 Å². The Kier molecular flexibility index (Phi) is 13.4. The van der Waals surface area contributed by atoms with Gasteiger partial charge in [-0.25, -0.2) is 0 Å². The molecule has 220 valence electrons. The number of hydrogen-bond donors (Lipinski definition) is 0. The Morgan fingerprint density at radius 3 is 1.82 bits per heavy atom. The maximum Gasteiger partial charge on any atom is 0.203 e. The molecule has 1 aliphatic carbocycles. The normalized spacial score (nSPS) is 20.7. The zero-order valence-electron chi connectivity index (χ0n) is 25.0. The molecule has 0 saturated carbocycles. The van der Waals surface area contributed by atoms with Gasteiger partial charge in [-0.2, -0.15) is 0 Å². The fourth-order valence-corrected chi connectivity index (χ4v) is 5.63. The number of benzene rings is 1. The van der Waals surface area contributed by atoms with Gasteiger partial charge < -0.3 is 38.2 Å². The predicted molar refractivity (Wildman–Crippen MR) is 155 cm³/mol. The molecule has 0 amide bonds. The van der Waals surface area contributed by atoms with Gasteiger partial charge in [0.25, 0.3) is 0 Å². The van der Waals surface area contributed by atoms with E-state index in [-0.39, 0.29) is 12.2 Å². The van der Waals surface area contributed by atoms with Gasteiger partial charge in [0.05, 0.1) is 28.4 Å². The first-order valence-electron chi connectivity index (χ1n) is 14.3. The highest BCUT2D eigenvalue weighted by Gasteiger charge is 2.28. The third-order valence-corrected chi connectivity index (χ3v) is 7.83. The summed E-state index contributed by atoms with van der Waals surface area (Å²) in [5.74, 6) is 2.95. The molecule has 0 N–H and O–H groups in total. The van der Waals surface area contributed by atoms with Crippen molar-refractivity contribution in [1.82, 2.24) is 9.80 Å². The van der Waals surface area contributed by atoms with Crippen LogP contribution in [0.5, 0.6) is 17.2 Å². The molecule has 2 unspecified atom stereocenters. The van der Waals surface area contributed by atoms with Crippen molar-refractivity contribution in [3.8, 4) is 17.2 Å². The minimum absolute atomic E-state index is 0.0941. The van der Waals surface area contributed by atoms with E-state index in [1.54, 1.807) is 42.7 Å². The lowest BCUT2D eigenvalue weighted by atomic mass is 9.96. The lowest BCUT2D eigenvalue weighted by molar-refractivity contribution is -0.0191. The predicted octanol–water partition coefficient (Wildman–Crippen LogP) is 4.71. The summed E-state index contributed by atoms with van der Waals surface area (Å²) in [5.41, 5.74) is 2.50. The Balaban J connectivity index is 1.35. The summed E-state index contributed by atoms with van der Waals surface area (Å²) in [6, 6.07) is 4.13. The van der Waals surface area contributed by atoms with Crippen LogP contribution in [0.15, 0.2) is 35.6 Å². The monoisotopic (exact) mass is 546 g/mol. The summed E-state index contributed by atoms with van der Waals surface area (Å²) in [5, 5.41) is 0. The summed E-state index contributed by atoms with van der Waals surface area (Å²) < 4.78 is 33.2. The summed E-state index contributed by atoms with van der Waals surface area (Å²) in [6.07, 6.45) is 12.0. The maximum absolute atomic E-state index is 5.62. The van der Waals surface area contributed by atoms with Crippen LogP contribution >= 0.6 is 0 Å². The second kappa shape index (κ2) is 16.8. The van der Waals surface area contributed by atoms with E-state index in [1.165, 1.54) is 43.5 Å². The van der Waals surface area contributed by atoms with Gasteiger partial charge in [-0.05, 0) is 107 Å². The van der Waals surface area contributed by atoms with Gasteiger partial charge in [0.1, 0.15) is 18.0 Å². The van der Waals surface area contributed by atoms with Gasteiger partial charge in [-0.1, -0.05) is 0 Å². The lowest BCUT2D eigenvalue weighted by Crippen LogP contribution is -2.33. The van der Waals surface area contributed by atoms with Crippen LogP contribution in [0.2, 0.25) is 0 Å². The first-order chi connectivity index (χ1) is 19.1. The smallest absolute Gasteiger partial charge is 0.203 e. The molecular formula is C31H50N2O6. The third kappa shape index (κ3) is 9.13. The lowest BCUT2D eigenvalue weighted by Gasteiger charge is -2.28. The first-order valence-corrected chi connectivity index (χ1v) is 14.3. The van der Waals surface area contributed by atoms with E-state index in [1.807, 2.05) is 0 Å². The highest BCUT2D eigenvalue weighted by atomic mass is 16.6. The van der Waals surface area contributed by atoms with Gasteiger partial charge in [-0.15, -0.1) is 0 Å².